The largest absolute Gasteiger partial charge is 0.508 e. The zero-order valence-electron chi connectivity index (χ0n) is 9.86. The van der Waals surface area contributed by atoms with Gasteiger partial charge in [0.15, 0.2) is 0 Å². The standard InChI is InChI=1S/C12H16N2O2S/c1-7-5-9(3-4-10(7)15)12(16)14-6-8(2)11(13)17/h3-5,8,15H,6H2,1-2H3,(H2,13,17)(H,14,16). The quantitative estimate of drug-likeness (QED) is 0.707. The summed E-state index contributed by atoms with van der Waals surface area (Å²) in [6.07, 6.45) is 0. The molecule has 92 valence electrons. The first kappa shape index (κ1) is 13.4. The third-order valence-electron chi connectivity index (χ3n) is 2.51. The fourth-order valence-electron chi connectivity index (χ4n) is 1.25. The molecule has 4 N–H and O–H groups in total. The van der Waals surface area contributed by atoms with Crippen molar-refractivity contribution in [3.05, 3.63) is 29.3 Å². The number of phenolic OH excluding ortho intramolecular Hbond substituents is 1. The molecule has 1 rings (SSSR count). The Morgan fingerprint density at radius 1 is 1.59 bits per heavy atom. The molecular formula is C12H16N2O2S. The Hall–Kier alpha value is -1.62. The fraction of sp³-hybridized carbons (Fsp3) is 0.333. The second-order valence-corrected chi connectivity index (χ2v) is 4.49. The van der Waals surface area contributed by atoms with Gasteiger partial charge in [0, 0.05) is 18.0 Å². The van der Waals surface area contributed by atoms with Crippen LogP contribution in [0.3, 0.4) is 0 Å². The van der Waals surface area contributed by atoms with E-state index in [-0.39, 0.29) is 17.6 Å². The number of aromatic hydroxyl groups is 1. The van der Waals surface area contributed by atoms with Gasteiger partial charge in [0.25, 0.3) is 5.91 Å². The van der Waals surface area contributed by atoms with Crippen molar-refractivity contribution in [2.24, 2.45) is 11.7 Å². The molecule has 5 heteroatoms. The van der Waals surface area contributed by atoms with Gasteiger partial charge >= 0.3 is 0 Å². The van der Waals surface area contributed by atoms with Gasteiger partial charge in [0.1, 0.15) is 5.75 Å². The number of hydrogen-bond acceptors (Lipinski definition) is 3. The molecule has 1 aromatic rings. The lowest BCUT2D eigenvalue weighted by Gasteiger charge is -2.11. The fourth-order valence-corrected chi connectivity index (χ4v) is 1.33. The summed E-state index contributed by atoms with van der Waals surface area (Å²) in [6.45, 7) is 4.00. The Balaban J connectivity index is 2.64. The van der Waals surface area contributed by atoms with Gasteiger partial charge in [-0.05, 0) is 30.7 Å². The highest BCUT2D eigenvalue weighted by Gasteiger charge is 2.10. The van der Waals surface area contributed by atoms with Crippen molar-refractivity contribution >= 4 is 23.1 Å². The molecule has 0 saturated heterocycles. The number of nitrogens with one attached hydrogen (secondary N) is 1. The number of hydrogen-bond donors (Lipinski definition) is 3. The predicted octanol–water partition coefficient (Wildman–Crippen LogP) is 1.35. The van der Waals surface area contributed by atoms with E-state index in [2.05, 4.69) is 5.32 Å². The van der Waals surface area contributed by atoms with Crippen LogP contribution in [0.15, 0.2) is 18.2 Å². The van der Waals surface area contributed by atoms with Crippen LogP contribution in [0.25, 0.3) is 0 Å². The first-order valence-corrected chi connectivity index (χ1v) is 5.69. The minimum atomic E-state index is -0.198. The Morgan fingerprint density at radius 3 is 2.76 bits per heavy atom. The molecule has 0 bridgehead atoms. The zero-order chi connectivity index (χ0) is 13.0. The van der Waals surface area contributed by atoms with Gasteiger partial charge in [-0.15, -0.1) is 0 Å². The summed E-state index contributed by atoms with van der Waals surface area (Å²) >= 11 is 4.82. The van der Waals surface area contributed by atoms with Gasteiger partial charge in [0.2, 0.25) is 0 Å². The number of carbonyl (C=O) groups excluding carboxylic acids is 1. The lowest BCUT2D eigenvalue weighted by atomic mass is 10.1. The second-order valence-electron chi connectivity index (χ2n) is 4.01. The van der Waals surface area contributed by atoms with Crippen LogP contribution < -0.4 is 11.1 Å². The highest BCUT2D eigenvalue weighted by molar-refractivity contribution is 7.80. The third kappa shape index (κ3) is 3.71. The SMILES string of the molecule is Cc1cc(C(=O)NCC(C)C(N)=S)ccc1O. The van der Waals surface area contributed by atoms with Crippen molar-refractivity contribution in [1.29, 1.82) is 0 Å². The maximum absolute atomic E-state index is 11.8. The number of thiocarbonyl (C=S) groups is 1. The van der Waals surface area contributed by atoms with Crippen LogP contribution in [0, 0.1) is 12.8 Å². The maximum atomic E-state index is 11.8. The van der Waals surface area contributed by atoms with E-state index in [1.54, 1.807) is 19.1 Å². The number of nitrogens with two attached hydrogens (primary N) is 1. The van der Waals surface area contributed by atoms with Crippen molar-refractivity contribution in [2.75, 3.05) is 6.54 Å². The maximum Gasteiger partial charge on any atom is 0.251 e. The van der Waals surface area contributed by atoms with Crippen LogP contribution in [0.2, 0.25) is 0 Å². The molecule has 1 atom stereocenters. The molecule has 1 unspecified atom stereocenters. The normalized spacial score (nSPS) is 11.9. The number of phenols is 1. The van der Waals surface area contributed by atoms with Crippen LogP contribution in [-0.4, -0.2) is 22.5 Å². The average molecular weight is 252 g/mol. The molecule has 0 spiro atoms. The molecule has 1 aromatic carbocycles. The van der Waals surface area contributed by atoms with E-state index in [4.69, 9.17) is 18.0 Å². The summed E-state index contributed by atoms with van der Waals surface area (Å²) in [5.41, 5.74) is 6.63. The van der Waals surface area contributed by atoms with E-state index < -0.39 is 0 Å². The monoisotopic (exact) mass is 252 g/mol. The summed E-state index contributed by atoms with van der Waals surface area (Å²) in [6, 6.07) is 4.71. The molecule has 0 saturated carbocycles. The Bertz CT molecular complexity index is 446. The highest BCUT2D eigenvalue weighted by Crippen LogP contribution is 2.16. The zero-order valence-corrected chi connectivity index (χ0v) is 10.7. The van der Waals surface area contributed by atoms with Crippen molar-refractivity contribution in [1.82, 2.24) is 5.32 Å². The first-order valence-electron chi connectivity index (χ1n) is 5.29. The number of amides is 1. The summed E-state index contributed by atoms with van der Waals surface area (Å²) in [5.74, 6) is -0.0542. The second kappa shape index (κ2) is 5.63. The van der Waals surface area contributed by atoms with E-state index in [9.17, 15) is 9.90 Å². The van der Waals surface area contributed by atoms with Gasteiger partial charge in [0.05, 0.1) is 4.99 Å². The topological polar surface area (TPSA) is 75.4 Å². The van der Waals surface area contributed by atoms with Crippen LogP contribution in [0.4, 0.5) is 0 Å². The van der Waals surface area contributed by atoms with Crippen LogP contribution in [-0.2, 0) is 0 Å². The molecular weight excluding hydrogens is 236 g/mol. The minimum absolute atomic E-state index is 0.0350. The van der Waals surface area contributed by atoms with E-state index in [1.807, 2.05) is 6.92 Å². The number of carbonyl (C=O) groups is 1. The smallest absolute Gasteiger partial charge is 0.251 e. The van der Waals surface area contributed by atoms with Crippen LogP contribution >= 0.6 is 12.2 Å². The molecule has 0 aliphatic heterocycles. The summed E-state index contributed by atoms with van der Waals surface area (Å²) in [5, 5.41) is 12.1. The van der Waals surface area contributed by atoms with E-state index in [0.717, 1.165) is 0 Å². The van der Waals surface area contributed by atoms with Gasteiger partial charge in [-0.2, -0.15) is 0 Å². The molecule has 0 radical (unpaired) electrons. The van der Waals surface area contributed by atoms with Crippen molar-refractivity contribution in [3.63, 3.8) is 0 Å². The van der Waals surface area contributed by atoms with Gasteiger partial charge in [-0.1, -0.05) is 19.1 Å². The van der Waals surface area contributed by atoms with Crippen molar-refractivity contribution in [3.8, 4) is 5.75 Å². The molecule has 1 amide bonds. The average Bonchev–Trinajstić information content (AvgIpc) is 2.28. The lowest BCUT2D eigenvalue weighted by Crippen LogP contribution is -2.33. The van der Waals surface area contributed by atoms with E-state index in [0.29, 0.717) is 22.7 Å². The van der Waals surface area contributed by atoms with E-state index >= 15 is 0 Å². The Kier molecular flexibility index (Phi) is 4.45. The number of rotatable bonds is 4. The number of benzene rings is 1. The van der Waals surface area contributed by atoms with Gasteiger partial charge in [-0.25, -0.2) is 0 Å². The van der Waals surface area contributed by atoms with Gasteiger partial charge < -0.3 is 16.2 Å². The molecule has 17 heavy (non-hydrogen) atoms. The molecule has 0 heterocycles. The molecule has 4 nitrogen and oxygen atoms in total. The van der Waals surface area contributed by atoms with Crippen LogP contribution in [0.5, 0.6) is 5.75 Å². The predicted molar refractivity (Wildman–Crippen MR) is 71.1 cm³/mol. The van der Waals surface area contributed by atoms with Crippen molar-refractivity contribution < 1.29 is 9.90 Å². The summed E-state index contributed by atoms with van der Waals surface area (Å²) in [7, 11) is 0. The van der Waals surface area contributed by atoms with Gasteiger partial charge in [-0.3, -0.25) is 4.79 Å². The Morgan fingerprint density at radius 2 is 2.24 bits per heavy atom. The molecule has 0 aliphatic carbocycles. The molecule has 0 aromatic heterocycles. The summed E-state index contributed by atoms with van der Waals surface area (Å²) < 4.78 is 0. The molecule has 0 fully saturated rings. The highest BCUT2D eigenvalue weighted by atomic mass is 32.1. The Labute approximate surface area is 106 Å². The molecule has 0 aliphatic rings. The third-order valence-corrected chi connectivity index (χ3v) is 2.92. The first-order chi connectivity index (χ1) is 7.91. The minimum Gasteiger partial charge on any atom is -0.508 e. The summed E-state index contributed by atoms with van der Waals surface area (Å²) in [4.78, 5) is 12.1. The lowest BCUT2D eigenvalue weighted by molar-refractivity contribution is 0.0951. The van der Waals surface area contributed by atoms with Crippen molar-refractivity contribution in [2.45, 2.75) is 13.8 Å². The van der Waals surface area contributed by atoms with Crippen LogP contribution in [0.1, 0.15) is 22.8 Å². The number of aryl methyl sites for hydroxylation is 1. The van der Waals surface area contributed by atoms with E-state index in [1.165, 1.54) is 6.07 Å².